The van der Waals surface area contributed by atoms with Gasteiger partial charge in [0.15, 0.2) is 5.69 Å². The van der Waals surface area contributed by atoms with Crippen LogP contribution in [0, 0.1) is 5.82 Å². The molecule has 0 atom stereocenters. The molecule has 12 heteroatoms. The van der Waals surface area contributed by atoms with Gasteiger partial charge in [-0.3, -0.25) is 0 Å². The number of aromatic nitrogens is 2. The Balaban J connectivity index is 2.26. The first-order valence-electron chi connectivity index (χ1n) is 7.81. The zero-order valence-corrected chi connectivity index (χ0v) is 15.9. The maximum absolute atomic E-state index is 13.5. The molecule has 0 aliphatic rings. The van der Waals surface area contributed by atoms with Crippen LogP contribution in [0.15, 0.2) is 47.4 Å². The van der Waals surface area contributed by atoms with Crippen LogP contribution in [0.5, 0.6) is 0 Å². The summed E-state index contributed by atoms with van der Waals surface area (Å²) in [4.78, 5) is -0.377. The van der Waals surface area contributed by atoms with E-state index in [1.807, 2.05) is 0 Å². The zero-order chi connectivity index (χ0) is 21.6. The topological polar surface area (TPSA) is 98.2 Å². The normalized spacial score (nSPS) is 12.4. The minimum atomic E-state index is -4.77. The second-order valence-electron chi connectivity index (χ2n) is 5.95. The van der Waals surface area contributed by atoms with Gasteiger partial charge in [-0.2, -0.15) is 18.3 Å². The molecule has 3 N–H and O–H groups in total. The van der Waals surface area contributed by atoms with Crippen LogP contribution in [-0.4, -0.2) is 23.3 Å². The van der Waals surface area contributed by atoms with E-state index in [2.05, 4.69) is 5.10 Å². The fraction of sp³-hybridized carbons (Fsp3) is 0.118. The van der Waals surface area contributed by atoms with Crippen LogP contribution in [0.3, 0.4) is 0 Å². The summed E-state index contributed by atoms with van der Waals surface area (Å²) >= 11 is 5.74. The summed E-state index contributed by atoms with van der Waals surface area (Å²) in [6.07, 6.45) is -4.77. The van der Waals surface area contributed by atoms with E-state index >= 15 is 0 Å². The number of halogens is 5. The van der Waals surface area contributed by atoms with Gasteiger partial charge >= 0.3 is 6.18 Å². The Hall–Kier alpha value is -2.47. The Labute approximate surface area is 167 Å². The molecule has 0 radical (unpaired) electrons. The van der Waals surface area contributed by atoms with Crippen LogP contribution in [-0.2, 0) is 22.8 Å². The highest BCUT2D eigenvalue weighted by Crippen LogP contribution is 2.34. The van der Waals surface area contributed by atoms with E-state index in [9.17, 15) is 31.1 Å². The molecule has 154 valence electrons. The monoisotopic (exact) mass is 449 g/mol. The number of benzene rings is 2. The van der Waals surface area contributed by atoms with Crippen molar-refractivity contribution in [3.05, 3.63) is 64.6 Å². The molecule has 0 saturated carbocycles. The molecule has 1 heterocycles. The van der Waals surface area contributed by atoms with Crippen molar-refractivity contribution >= 4 is 21.6 Å². The van der Waals surface area contributed by atoms with Gasteiger partial charge in [0, 0.05) is 5.56 Å². The number of primary sulfonamides is 1. The van der Waals surface area contributed by atoms with Crippen molar-refractivity contribution in [2.45, 2.75) is 17.7 Å². The van der Waals surface area contributed by atoms with Gasteiger partial charge in [0.25, 0.3) is 0 Å². The quantitative estimate of drug-likeness (QED) is 0.596. The van der Waals surface area contributed by atoms with Gasteiger partial charge < -0.3 is 5.11 Å². The molecule has 0 amide bonds. The maximum Gasteiger partial charge on any atom is 0.435 e. The average Bonchev–Trinajstić information content (AvgIpc) is 3.08. The van der Waals surface area contributed by atoms with Gasteiger partial charge in [-0.05, 0) is 48.0 Å². The number of sulfonamides is 1. The van der Waals surface area contributed by atoms with E-state index in [1.54, 1.807) is 0 Å². The summed E-state index contributed by atoms with van der Waals surface area (Å²) in [7, 11) is -4.16. The number of aliphatic hydroxyl groups is 1. The molecular formula is C17H12ClF4N3O3S. The molecule has 2 aromatic carbocycles. The summed E-state index contributed by atoms with van der Waals surface area (Å²) in [6.45, 7) is -0.731. The summed E-state index contributed by atoms with van der Waals surface area (Å²) < 4.78 is 77.2. The third kappa shape index (κ3) is 4.27. The number of rotatable bonds is 4. The number of nitrogens with two attached hydrogens (primary N) is 1. The van der Waals surface area contributed by atoms with Gasteiger partial charge in [0.1, 0.15) is 5.82 Å². The van der Waals surface area contributed by atoms with Gasteiger partial charge in [0.05, 0.1) is 27.9 Å². The van der Waals surface area contributed by atoms with Gasteiger partial charge in [-0.1, -0.05) is 11.6 Å². The van der Waals surface area contributed by atoms with Crippen molar-refractivity contribution in [1.29, 1.82) is 0 Å². The Morgan fingerprint density at radius 1 is 1.14 bits per heavy atom. The van der Waals surface area contributed by atoms with Crippen LogP contribution in [0.25, 0.3) is 16.9 Å². The van der Waals surface area contributed by atoms with Crippen molar-refractivity contribution in [3.8, 4) is 16.9 Å². The molecule has 0 aliphatic carbocycles. The molecule has 6 nitrogen and oxygen atoms in total. The lowest BCUT2D eigenvalue weighted by atomic mass is 10.1. The molecule has 3 rings (SSSR count). The molecule has 0 unspecified atom stereocenters. The first-order valence-corrected chi connectivity index (χ1v) is 9.74. The summed E-state index contributed by atoms with van der Waals surface area (Å²) in [5.41, 5.74) is -1.27. The van der Waals surface area contributed by atoms with Gasteiger partial charge in [0.2, 0.25) is 10.0 Å². The Morgan fingerprint density at radius 2 is 1.83 bits per heavy atom. The highest BCUT2D eigenvalue weighted by Gasteiger charge is 2.35. The number of hydrogen-bond donors (Lipinski definition) is 2. The summed E-state index contributed by atoms with van der Waals surface area (Å²) in [5.74, 6) is -0.752. The Bertz CT molecular complexity index is 1190. The smallest absolute Gasteiger partial charge is 0.392 e. The zero-order valence-electron chi connectivity index (χ0n) is 14.3. The van der Waals surface area contributed by atoms with E-state index in [0.717, 1.165) is 35.0 Å². The van der Waals surface area contributed by atoms with Crippen LogP contribution < -0.4 is 5.14 Å². The minimum Gasteiger partial charge on any atom is -0.392 e. The standard InChI is InChI=1S/C17H12ClF4N3O3S/c18-12-6-9(1-3-13(12)19)14-7-16(17(20,21)22)24-25(14)11-2-4-15(29(23,27)28)10(5-11)8-26/h1-7,26H,8H2,(H2,23,27,28). The fourth-order valence-corrected chi connectivity index (χ4v) is 3.60. The van der Waals surface area contributed by atoms with Crippen LogP contribution >= 0.6 is 11.6 Å². The highest BCUT2D eigenvalue weighted by molar-refractivity contribution is 7.89. The second kappa shape index (κ2) is 7.41. The summed E-state index contributed by atoms with van der Waals surface area (Å²) in [6, 6.07) is 7.47. The van der Waals surface area contributed by atoms with Crippen molar-refractivity contribution in [2.75, 3.05) is 0 Å². The SMILES string of the molecule is NS(=O)(=O)c1ccc(-n2nc(C(F)(F)F)cc2-c2ccc(F)c(Cl)c2)cc1CO. The lowest BCUT2D eigenvalue weighted by Crippen LogP contribution is -2.15. The van der Waals surface area contributed by atoms with Crippen molar-refractivity contribution < 1.29 is 31.1 Å². The summed E-state index contributed by atoms with van der Waals surface area (Å²) in [5, 5.41) is 17.8. The minimum absolute atomic E-state index is 0.0207. The molecule has 1 aromatic heterocycles. The number of aliphatic hydroxyl groups excluding tert-OH is 1. The second-order valence-corrected chi connectivity index (χ2v) is 7.89. The van der Waals surface area contributed by atoms with E-state index < -0.39 is 34.3 Å². The van der Waals surface area contributed by atoms with E-state index in [4.69, 9.17) is 16.7 Å². The lowest BCUT2D eigenvalue weighted by molar-refractivity contribution is -0.141. The number of hydrogen-bond acceptors (Lipinski definition) is 4. The van der Waals surface area contributed by atoms with Crippen molar-refractivity contribution in [2.24, 2.45) is 5.14 Å². The van der Waals surface area contributed by atoms with Gasteiger partial charge in [-0.25, -0.2) is 22.6 Å². The third-order valence-electron chi connectivity index (χ3n) is 3.98. The molecule has 0 saturated heterocycles. The average molecular weight is 450 g/mol. The molecule has 0 bridgehead atoms. The largest absolute Gasteiger partial charge is 0.435 e. The first kappa shape index (κ1) is 21.2. The van der Waals surface area contributed by atoms with Crippen LogP contribution in [0.1, 0.15) is 11.3 Å². The number of nitrogens with zero attached hydrogens (tertiary/aromatic N) is 2. The molecule has 3 aromatic rings. The number of alkyl halides is 3. The van der Waals surface area contributed by atoms with Crippen molar-refractivity contribution in [1.82, 2.24) is 9.78 Å². The van der Waals surface area contributed by atoms with E-state index in [0.29, 0.717) is 0 Å². The predicted molar refractivity (Wildman–Crippen MR) is 96.3 cm³/mol. The van der Waals surface area contributed by atoms with Crippen LogP contribution in [0.2, 0.25) is 5.02 Å². The Kier molecular flexibility index (Phi) is 5.43. The van der Waals surface area contributed by atoms with Crippen LogP contribution in [0.4, 0.5) is 17.6 Å². The predicted octanol–water partition coefficient (Wildman–Crippen LogP) is 3.49. The fourth-order valence-electron chi connectivity index (χ4n) is 2.68. The maximum atomic E-state index is 13.5. The first-order chi connectivity index (χ1) is 13.4. The van der Waals surface area contributed by atoms with Gasteiger partial charge in [-0.15, -0.1) is 0 Å². The Morgan fingerprint density at radius 3 is 2.38 bits per heavy atom. The molecule has 0 aliphatic heterocycles. The lowest BCUT2D eigenvalue weighted by Gasteiger charge is -2.12. The molecule has 0 spiro atoms. The van der Waals surface area contributed by atoms with E-state index in [1.165, 1.54) is 12.1 Å². The third-order valence-corrected chi connectivity index (χ3v) is 5.28. The highest BCUT2D eigenvalue weighted by atomic mass is 35.5. The molecule has 0 fully saturated rings. The van der Waals surface area contributed by atoms with Crippen molar-refractivity contribution in [3.63, 3.8) is 0 Å². The molecule has 29 heavy (non-hydrogen) atoms. The molecular weight excluding hydrogens is 438 g/mol. The van der Waals surface area contributed by atoms with E-state index in [-0.39, 0.29) is 32.4 Å².